The average Bonchev–Trinajstić information content (AvgIpc) is 2.71. The van der Waals surface area contributed by atoms with Crippen molar-refractivity contribution < 1.29 is 22.6 Å². The number of hydrogen-bond acceptors (Lipinski definition) is 8. The zero-order valence-electron chi connectivity index (χ0n) is 17.9. The highest BCUT2D eigenvalue weighted by atomic mass is 19.4. The number of anilines is 1. The van der Waals surface area contributed by atoms with Crippen LogP contribution >= 0.6 is 0 Å². The molecule has 0 bridgehead atoms. The maximum atomic E-state index is 13.7. The number of nitrogens with zero attached hydrogens (tertiary/aromatic N) is 2. The van der Waals surface area contributed by atoms with E-state index in [-0.39, 0.29) is 17.4 Å². The SMILES string of the molecule is CC1(COc2ccc(NC3=NC=C(C(F)(F)F)C(N)(N4CCC(N)CC4)N3)cc2)COC1. The van der Waals surface area contributed by atoms with Crippen LogP contribution in [0.15, 0.2) is 41.0 Å². The van der Waals surface area contributed by atoms with Crippen molar-refractivity contribution in [3.8, 4) is 5.75 Å². The van der Waals surface area contributed by atoms with E-state index in [1.807, 2.05) is 0 Å². The van der Waals surface area contributed by atoms with Gasteiger partial charge in [-0.3, -0.25) is 10.6 Å². The highest BCUT2D eigenvalue weighted by Crippen LogP contribution is 2.36. The van der Waals surface area contributed by atoms with Crippen LogP contribution in [0.3, 0.4) is 0 Å². The Labute approximate surface area is 184 Å². The number of nitrogens with two attached hydrogens (primary N) is 2. The Morgan fingerprint density at radius 3 is 2.47 bits per heavy atom. The minimum absolute atomic E-state index is 0.0308. The first-order chi connectivity index (χ1) is 15.1. The van der Waals surface area contributed by atoms with Crippen LogP contribution in [0.4, 0.5) is 18.9 Å². The Balaban J connectivity index is 1.45. The molecule has 176 valence electrons. The zero-order chi connectivity index (χ0) is 23.0. The molecule has 1 aromatic rings. The molecule has 2 saturated heterocycles. The Morgan fingerprint density at radius 2 is 1.91 bits per heavy atom. The van der Waals surface area contributed by atoms with Crippen LogP contribution < -0.4 is 26.8 Å². The smallest absolute Gasteiger partial charge is 0.419 e. The third-order valence-electron chi connectivity index (χ3n) is 5.99. The van der Waals surface area contributed by atoms with Crippen LogP contribution in [-0.2, 0) is 4.74 Å². The predicted octanol–water partition coefficient (Wildman–Crippen LogP) is 1.95. The monoisotopic (exact) mass is 454 g/mol. The lowest BCUT2D eigenvalue weighted by molar-refractivity contribution is -0.120. The molecule has 2 fully saturated rings. The number of benzene rings is 1. The van der Waals surface area contributed by atoms with E-state index >= 15 is 0 Å². The van der Waals surface area contributed by atoms with Gasteiger partial charge in [0, 0.05) is 36.4 Å². The van der Waals surface area contributed by atoms with E-state index in [1.54, 1.807) is 29.2 Å². The summed E-state index contributed by atoms with van der Waals surface area (Å²) in [6.45, 7) is 4.69. The van der Waals surface area contributed by atoms with Crippen molar-refractivity contribution in [3.05, 3.63) is 36.0 Å². The number of rotatable bonds is 5. The summed E-state index contributed by atoms with van der Waals surface area (Å²) in [5.41, 5.74) is 11.9. The van der Waals surface area contributed by atoms with Gasteiger partial charge in [0.15, 0.2) is 5.79 Å². The van der Waals surface area contributed by atoms with Crippen molar-refractivity contribution in [2.75, 3.05) is 38.2 Å². The second-order valence-electron chi connectivity index (χ2n) is 8.98. The fourth-order valence-electron chi connectivity index (χ4n) is 3.92. The fourth-order valence-corrected chi connectivity index (χ4v) is 3.92. The largest absolute Gasteiger partial charge is 0.493 e. The first-order valence-corrected chi connectivity index (χ1v) is 10.6. The number of halogens is 3. The summed E-state index contributed by atoms with van der Waals surface area (Å²) in [5.74, 6) is -1.12. The van der Waals surface area contributed by atoms with Gasteiger partial charge in [-0.25, -0.2) is 4.99 Å². The predicted molar refractivity (Wildman–Crippen MR) is 115 cm³/mol. The normalized spacial score (nSPS) is 26.4. The van der Waals surface area contributed by atoms with Crippen molar-refractivity contribution in [2.24, 2.45) is 21.9 Å². The van der Waals surface area contributed by atoms with Crippen molar-refractivity contribution in [2.45, 2.75) is 37.8 Å². The minimum atomic E-state index is -4.63. The zero-order valence-corrected chi connectivity index (χ0v) is 17.9. The van der Waals surface area contributed by atoms with Crippen LogP contribution in [-0.4, -0.2) is 61.8 Å². The van der Waals surface area contributed by atoms with Crippen LogP contribution in [0.5, 0.6) is 5.75 Å². The van der Waals surface area contributed by atoms with E-state index in [0.717, 1.165) is 6.20 Å². The van der Waals surface area contributed by atoms with Crippen LogP contribution in [0.25, 0.3) is 0 Å². The van der Waals surface area contributed by atoms with Gasteiger partial charge in [0.1, 0.15) is 11.3 Å². The number of aliphatic imine (C=N–C) groups is 1. The molecule has 1 aromatic carbocycles. The molecular weight excluding hydrogens is 425 g/mol. The number of nitrogens with one attached hydrogen (secondary N) is 2. The molecule has 0 saturated carbocycles. The molecule has 11 heteroatoms. The Morgan fingerprint density at radius 1 is 1.25 bits per heavy atom. The van der Waals surface area contributed by atoms with E-state index in [2.05, 4.69) is 22.5 Å². The number of piperidine rings is 1. The average molecular weight is 454 g/mol. The highest BCUT2D eigenvalue weighted by molar-refractivity contribution is 5.95. The Kier molecular flexibility index (Phi) is 6.10. The van der Waals surface area contributed by atoms with Gasteiger partial charge in [-0.05, 0) is 37.1 Å². The Hall–Kier alpha value is -2.34. The molecule has 0 spiro atoms. The minimum Gasteiger partial charge on any atom is -0.493 e. The molecule has 32 heavy (non-hydrogen) atoms. The van der Waals surface area contributed by atoms with E-state index < -0.39 is 17.5 Å². The van der Waals surface area contributed by atoms with Gasteiger partial charge in [-0.1, -0.05) is 6.92 Å². The molecule has 1 unspecified atom stereocenters. The number of ether oxygens (including phenoxy) is 2. The molecule has 0 radical (unpaired) electrons. The molecule has 6 N–H and O–H groups in total. The lowest BCUT2D eigenvalue weighted by Crippen LogP contribution is -2.72. The van der Waals surface area contributed by atoms with Gasteiger partial charge in [-0.2, -0.15) is 13.2 Å². The van der Waals surface area contributed by atoms with E-state index in [4.69, 9.17) is 20.9 Å². The highest BCUT2D eigenvalue weighted by Gasteiger charge is 2.52. The lowest BCUT2D eigenvalue weighted by Gasteiger charge is -2.47. The fraction of sp³-hybridized carbons (Fsp3) is 0.571. The van der Waals surface area contributed by atoms with Gasteiger partial charge >= 0.3 is 6.18 Å². The molecule has 1 atom stereocenters. The maximum Gasteiger partial charge on any atom is 0.419 e. The summed E-state index contributed by atoms with van der Waals surface area (Å²) in [6, 6.07) is 7.06. The van der Waals surface area contributed by atoms with Gasteiger partial charge < -0.3 is 25.8 Å². The molecule has 0 aromatic heterocycles. The van der Waals surface area contributed by atoms with Crippen molar-refractivity contribution in [1.82, 2.24) is 10.2 Å². The third-order valence-corrected chi connectivity index (χ3v) is 5.99. The molecule has 3 aliphatic heterocycles. The molecule has 4 rings (SSSR count). The molecule has 8 nitrogen and oxygen atoms in total. The number of hydrogen-bond donors (Lipinski definition) is 4. The van der Waals surface area contributed by atoms with Crippen LogP contribution in [0, 0.1) is 5.41 Å². The molecule has 0 aliphatic carbocycles. The summed E-state index contributed by atoms with van der Waals surface area (Å²) in [6.07, 6.45) is -2.71. The summed E-state index contributed by atoms with van der Waals surface area (Å²) in [4.78, 5) is 5.49. The van der Waals surface area contributed by atoms with E-state index in [1.165, 1.54) is 0 Å². The number of guanidine groups is 1. The number of alkyl halides is 3. The van der Waals surface area contributed by atoms with Crippen molar-refractivity contribution in [3.63, 3.8) is 0 Å². The van der Waals surface area contributed by atoms with Crippen molar-refractivity contribution >= 4 is 11.6 Å². The topological polar surface area (TPSA) is 110 Å². The summed E-state index contributed by atoms with van der Waals surface area (Å²) < 4.78 is 52.1. The van der Waals surface area contributed by atoms with E-state index in [9.17, 15) is 13.2 Å². The second kappa shape index (κ2) is 8.54. The quantitative estimate of drug-likeness (QED) is 0.538. The summed E-state index contributed by atoms with van der Waals surface area (Å²) in [5, 5.41) is 5.76. The molecular formula is C21H29F3N6O2. The van der Waals surface area contributed by atoms with Crippen molar-refractivity contribution in [1.29, 1.82) is 0 Å². The standard InChI is InChI=1S/C21H29F3N6O2/c1-19(11-31-12-19)13-32-16-4-2-15(3-5-16)28-18-27-10-17(20(22,23)24)21(26,29-18)30-8-6-14(25)7-9-30/h2-5,10,14H,6-9,11-13,25-26H2,1H3,(H2,27,28,29). The molecule has 0 amide bonds. The summed E-state index contributed by atoms with van der Waals surface area (Å²) >= 11 is 0. The third kappa shape index (κ3) is 4.85. The maximum absolute atomic E-state index is 13.7. The Bertz CT molecular complexity index is 877. The molecule has 3 aliphatic rings. The van der Waals surface area contributed by atoms with Gasteiger partial charge in [0.2, 0.25) is 5.96 Å². The number of likely N-dealkylation sites (tertiary alicyclic amines) is 1. The van der Waals surface area contributed by atoms with E-state index in [0.29, 0.717) is 57.2 Å². The van der Waals surface area contributed by atoms with Crippen LogP contribution in [0.2, 0.25) is 0 Å². The second-order valence-corrected chi connectivity index (χ2v) is 8.98. The van der Waals surface area contributed by atoms with Gasteiger partial charge in [0.05, 0.1) is 19.8 Å². The van der Waals surface area contributed by atoms with Crippen LogP contribution in [0.1, 0.15) is 19.8 Å². The first-order valence-electron chi connectivity index (χ1n) is 10.6. The first kappa shape index (κ1) is 22.8. The molecule has 3 heterocycles. The summed E-state index contributed by atoms with van der Waals surface area (Å²) in [7, 11) is 0. The lowest BCUT2D eigenvalue weighted by atomic mass is 9.90. The van der Waals surface area contributed by atoms with Gasteiger partial charge in [-0.15, -0.1) is 0 Å². The van der Waals surface area contributed by atoms with Gasteiger partial charge in [0.25, 0.3) is 0 Å².